The Balaban J connectivity index is 3.62. The van der Waals surface area contributed by atoms with Gasteiger partial charge in [-0.3, -0.25) is 4.74 Å². The van der Waals surface area contributed by atoms with E-state index in [1.807, 2.05) is 0 Å². The molecule has 0 aliphatic carbocycles. The average Bonchev–Trinajstić information content (AvgIpc) is 1.84. The highest BCUT2D eigenvalue weighted by atomic mass is 31.0. The maximum atomic E-state index is 10.4. The van der Waals surface area contributed by atoms with Gasteiger partial charge in [-0.15, -0.1) is 0 Å². The lowest BCUT2D eigenvalue weighted by Gasteiger charge is -1.98. The lowest BCUT2D eigenvalue weighted by atomic mass is 10.4. The Bertz CT molecular complexity index is 104. The molecule has 0 aliphatic rings. The summed E-state index contributed by atoms with van der Waals surface area (Å²) in [5, 5.41) is 0. The highest BCUT2D eigenvalue weighted by Crippen LogP contribution is 1.92. The number of methoxy groups -OCH3 is 1. The summed E-state index contributed by atoms with van der Waals surface area (Å²) in [6.45, 7) is 1.64. The SMILES string of the molecule is COC(=O)C(C)N=P. The van der Waals surface area contributed by atoms with Gasteiger partial charge in [0, 0.05) is 0 Å². The highest BCUT2D eigenvalue weighted by molar-refractivity contribution is 7.04. The molecule has 8 heavy (non-hydrogen) atoms. The highest BCUT2D eigenvalue weighted by Gasteiger charge is 2.07. The summed E-state index contributed by atoms with van der Waals surface area (Å²) in [4.78, 5) is 10.4. The van der Waals surface area contributed by atoms with Crippen LogP contribution in [0.3, 0.4) is 0 Å². The molecule has 0 aliphatic heterocycles. The number of hydrogen-bond acceptors (Lipinski definition) is 3. The molecule has 3 nitrogen and oxygen atoms in total. The van der Waals surface area contributed by atoms with Crippen LogP contribution in [-0.4, -0.2) is 19.1 Å². The lowest BCUT2D eigenvalue weighted by molar-refractivity contribution is -0.141. The molecule has 0 saturated carbocycles. The maximum Gasteiger partial charge on any atom is 0.330 e. The Labute approximate surface area is 50.3 Å². The Kier molecular flexibility index (Phi) is 3.37. The van der Waals surface area contributed by atoms with E-state index in [9.17, 15) is 4.79 Å². The molecule has 0 aromatic carbocycles. The van der Waals surface area contributed by atoms with Gasteiger partial charge in [0.2, 0.25) is 0 Å². The molecule has 0 aromatic rings. The molecule has 46 valence electrons. The van der Waals surface area contributed by atoms with Crippen LogP contribution in [0.2, 0.25) is 0 Å². The second-order valence-electron chi connectivity index (χ2n) is 1.33. The average molecular weight is 133 g/mol. The fourth-order valence-electron chi connectivity index (χ4n) is 0.223. The fraction of sp³-hybridized carbons (Fsp3) is 0.750. The minimum Gasteiger partial charge on any atom is -0.467 e. The largest absolute Gasteiger partial charge is 0.467 e. The van der Waals surface area contributed by atoms with E-state index in [1.165, 1.54) is 7.11 Å². The van der Waals surface area contributed by atoms with Gasteiger partial charge in [-0.05, 0) is 16.0 Å². The predicted molar refractivity (Wildman–Crippen MR) is 32.2 cm³/mol. The van der Waals surface area contributed by atoms with Gasteiger partial charge in [0.25, 0.3) is 0 Å². The number of ether oxygens (including phenoxy) is 1. The summed E-state index contributed by atoms with van der Waals surface area (Å²) in [6.07, 6.45) is 0. The molecule has 0 fully saturated rings. The van der Waals surface area contributed by atoms with E-state index in [4.69, 9.17) is 0 Å². The van der Waals surface area contributed by atoms with Crippen molar-refractivity contribution in [3.8, 4) is 0 Å². The van der Waals surface area contributed by atoms with Gasteiger partial charge < -0.3 is 4.74 Å². The van der Waals surface area contributed by atoms with Crippen molar-refractivity contribution >= 4 is 15.0 Å². The Morgan fingerprint density at radius 2 is 2.38 bits per heavy atom. The fourth-order valence-corrected chi connectivity index (χ4v) is 0.329. The van der Waals surface area contributed by atoms with Crippen LogP contribution < -0.4 is 0 Å². The molecule has 0 saturated heterocycles. The number of rotatable bonds is 2. The van der Waals surface area contributed by atoms with Crippen LogP contribution in [0.1, 0.15) is 6.92 Å². The third-order valence-electron chi connectivity index (χ3n) is 0.736. The molecule has 0 amide bonds. The van der Waals surface area contributed by atoms with Crippen LogP contribution in [0.25, 0.3) is 0 Å². The van der Waals surface area contributed by atoms with Crippen molar-refractivity contribution in [1.82, 2.24) is 0 Å². The molecular weight excluding hydrogens is 125 g/mol. The zero-order chi connectivity index (χ0) is 6.57. The van der Waals surface area contributed by atoms with Crippen LogP contribution in [0.15, 0.2) is 4.74 Å². The van der Waals surface area contributed by atoms with Gasteiger partial charge in [-0.2, -0.15) is 0 Å². The number of hydrogen-bond donors (Lipinski definition) is 0. The van der Waals surface area contributed by atoms with Crippen molar-refractivity contribution in [2.75, 3.05) is 7.11 Å². The summed E-state index contributed by atoms with van der Waals surface area (Å²) in [7, 11) is 4.15. The van der Waals surface area contributed by atoms with E-state index in [2.05, 4.69) is 18.5 Å². The van der Waals surface area contributed by atoms with Gasteiger partial charge in [0.05, 0.1) is 7.11 Å². The summed E-state index contributed by atoms with van der Waals surface area (Å²) in [5.74, 6) is -0.333. The van der Waals surface area contributed by atoms with Crippen molar-refractivity contribution in [3.63, 3.8) is 0 Å². The molecular formula is C4H8NO2P. The predicted octanol–water partition coefficient (Wildman–Crippen LogP) is 0.874. The first kappa shape index (κ1) is 7.57. The summed E-state index contributed by atoms with van der Waals surface area (Å²) < 4.78 is 7.83. The normalized spacial score (nSPS) is 12.2. The van der Waals surface area contributed by atoms with E-state index < -0.39 is 6.04 Å². The van der Waals surface area contributed by atoms with E-state index in [1.54, 1.807) is 6.92 Å². The minimum atomic E-state index is -0.406. The lowest BCUT2D eigenvalue weighted by Crippen LogP contribution is -2.14. The molecule has 1 unspecified atom stereocenters. The van der Waals surface area contributed by atoms with Crippen molar-refractivity contribution in [1.29, 1.82) is 0 Å². The molecule has 0 N–H and O–H groups in total. The number of nitrogens with zero attached hydrogens (tertiary/aromatic N) is 1. The van der Waals surface area contributed by atoms with Gasteiger partial charge in [-0.25, -0.2) is 4.79 Å². The van der Waals surface area contributed by atoms with Crippen LogP contribution >= 0.6 is 9.03 Å². The van der Waals surface area contributed by atoms with E-state index in [0.29, 0.717) is 0 Å². The first-order chi connectivity index (χ1) is 3.72. The second-order valence-corrected chi connectivity index (χ2v) is 1.59. The topological polar surface area (TPSA) is 38.7 Å². The number of carbonyl (C=O) groups is 1. The van der Waals surface area contributed by atoms with Gasteiger partial charge in [0.1, 0.15) is 6.04 Å². The van der Waals surface area contributed by atoms with Crippen LogP contribution in [0.5, 0.6) is 0 Å². The minimum absolute atomic E-state index is 0.333. The van der Waals surface area contributed by atoms with E-state index in [-0.39, 0.29) is 5.97 Å². The first-order valence-electron chi connectivity index (χ1n) is 2.16. The standard InChI is InChI=1S/C4H8NO2P/c1-3(5-8)4(6)7-2/h3,8H,1-2H3. The van der Waals surface area contributed by atoms with Gasteiger partial charge in [-0.1, -0.05) is 0 Å². The molecule has 0 aromatic heterocycles. The molecule has 0 bridgehead atoms. The van der Waals surface area contributed by atoms with Crippen molar-refractivity contribution in [2.24, 2.45) is 4.74 Å². The third kappa shape index (κ3) is 2.03. The second kappa shape index (κ2) is 3.56. The number of esters is 1. The molecule has 0 heterocycles. The molecule has 0 radical (unpaired) electrons. The molecule has 1 atom stereocenters. The van der Waals surface area contributed by atoms with E-state index in [0.717, 1.165) is 0 Å². The Morgan fingerprint density at radius 3 is 2.50 bits per heavy atom. The van der Waals surface area contributed by atoms with Crippen molar-refractivity contribution in [2.45, 2.75) is 13.0 Å². The monoisotopic (exact) mass is 133 g/mol. The van der Waals surface area contributed by atoms with Crippen LogP contribution in [0, 0.1) is 0 Å². The van der Waals surface area contributed by atoms with Crippen molar-refractivity contribution < 1.29 is 9.53 Å². The zero-order valence-corrected chi connectivity index (χ0v) is 5.84. The van der Waals surface area contributed by atoms with Crippen LogP contribution in [-0.2, 0) is 9.53 Å². The molecule has 0 rings (SSSR count). The van der Waals surface area contributed by atoms with E-state index >= 15 is 0 Å². The molecule has 0 spiro atoms. The molecule has 4 heteroatoms. The summed E-state index contributed by atoms with van der Waals surface area (Å²) in [5.41, 5.74) is 0. The summed E-state index contributed by atoms with van der Waals surface area (Å²) in [6, 6.07) is -0.406. The maximum absolute atomic E-state index is 10.4. The van der Waals surface area contributed by atoms with Crippen molar-refractivity contribution in [3.05, 3.63) is 0 Å². The third-order valence-corrected chi connectivity index (χ3v) is 1.12. The quantitative estimate of drug-likeness (QED) is 0.414. The van der Waals surface area contributed by atoms with Crippen LogP contribution in [0.4, 0.5) is 0 Å². The Morgan fingerprint density at radius 1 is 1.88 bits per heavy atom. The Hall–Kier alpha value is -0.430. The first-order valence-corrected chi connectivity index (χ1v) is 2.61. The summed E-state index contributed by atoms with van der Waals surface area (Å²) >= 11 is 0. The smallest absolute Gasteiger partial charge is 0.330 e. The zero-order valence-electron chi connectivity index (χ0n) is 4.84. The van der Waals surface area contributed by atoms with Gasteiger partial charge >= 0.3 is 5.97 Å². The van der Waals surface area contributed by atoms with Gasteiger partial charge in [0.15, 0.2) is 0 Å². The number of carbonyl (C=O) groups excluding carboxylic acids is 1.